The van der Waals surface area contributed by atoms with E-state index in [9.17, 15) is 4.79 Å². The van der Waals surface area contributed by atoms with E-state index >= 15 is 0 Å². The molecule has 1 aliphatic heterocycles. The first-order valence-corrected chi connectivity index (χ1v) is 9.50. The average Bonchev–Trinajstić information content (AvgIpc) is 3.45. The van der Waals surface area contributed by atoms with E-state index in [0.717, 1.165) is 17.0 Å². The summed E-state index contributed by atoms with van der Waals surface area (Å²) in [5, 5.41) is 19.8. The van der Waals surface area contributed by atoms with Gasteiger partial charge < -0.3 is 14.8 Å². The third-order valence-corrected chi connectivity index (χ3v) is 5.06. The number of fused-ring (bicyclic) bond motifs is 2. The van der Waals surface area contributed by atoms with E-state index < -0.39 is 0 Å². The highest BCUT2D eigenvalue weighted by molar-refractivity contribution is 5.91. The summed E-state index contributed by atoms with van der Waals surface area (Å²) in [6.07, 6.45) is 2.45. The Morgan fingerprint density at radius 1 is 1.13 bits per heavy atom. The van der Waals surface area contributed by atoms with Gasteiger partial charge in [-0.1, -0.05) is 0 Å². The highest BCUT2D eigenvalue weighted by Crippen LogP contribution is 2.34. The first-order valence-electron chi connectivity index (χ1n) is 9.50. The van der Waals surface area contributed by atoms with E-state index in [-0.39, 0.29) is 12.7 Å². The van der Waals surface area contributed by atoms with Crippen molar-refractivity contribution in [1.29, 1.82) is 0 Å². The van der Waals surface area contributed by atoms with Gasteiger partial charge in [0.2, 0.25) is 12.7 Å². The fourth-order valence-electron chi connectivity index (χ4n) is 3.53. The third-order valence-electron chi connectivity index (χ3n) is 5.06. The van der Waals surface area contributed by atoms with Gasteiger partial charge in [-0.25, -0.2) is 4.68 Å². The number of anilines is 1. The SMILES string of the molecule is Cc1nn(-c2ccc3nncn3n2)c(C)c1CCC(=O)Nc1ccc2c(c1)OCO2. The first kappa shape index (κ1) is 18.1. The molecule has 1 N–H and O–H groups in total. The van der Waals surface area contributed by atoms with Crippen molar-refractivity contribution in [3.63, 3.8) is 0 Å². The second-order valence-electron chi connectivity index (χ2n) is 7.00. The van der Waals surface area contributed by atoms with Gasteiger partial charge in [0, 0.05) is 23.9 Å². The number of carbonyl (C=O) groups is 1. The van der Waals surface area contributed by atoms with Crippen LogP contribution < -0.4 is 14.8 Å². The minimum Gasteiger partial charge on any atom is -0.454 e. The zero-order valence-electron chi connectivity index (χ0n) is 16.5. The van der Waals surface area contributed by atoms with Crippen LogP contribution in [-0.2, 0) is 11.2 Å². The van der Waals surface area contributed by atoms with Crippen LogP contribution in [0.25, 0.3) is 11.5 Å². The predicted molar refractivity (Wildman–Crippen MR) is 107 cm³/mol. The number of carbonyl (C=O) groups excluding carboxylic acids is 1. The Bertz CT molecular complexity index is 1260. The highest BCUT2D eigenvalue weighted by atomic mass is 16.7. The molecule has 0 saturated carbocycles. The van der Waals surface area contributed by atoms with Crippen molar-refractivity contribution >= 4 is 17.2 Å². The monoisotopic (exact) mass is 405 g/mol. The lowest BCUT2D eigenvalue weighted by Crippen LogP contribution is -2.12. The van der Waals surface area contributed by atoms with Crippen LogP contribution in [0, 0.1) is 13.8 Å². The summed E-state index contributed by atoms with van der Waals surface area (Å²) in [5.41, 5.74) is 4.19. The Morgan fingerprint density at radius 2 is 2.00 bits per heavy atom. The molecule has 0 bridgehead atoms. The first-order chi connectivity index (χ1) is 14.6. The molecule has 152 valence electrons. The standard InChI is InChI=1S/C20H19N7O3/c1-12-15(4-8-20(28)22-14-3-5-16-17(9-14)30-11-29-16)13(2)27(24-12)19-7-6-18-23-21-10-26(18)25-19/h3,5-7,9-10H,4,8,11H2,1-2H3,(H,22,28). The van der Waals surface area contributed by atoms with Crippen molar-refractivity contribution in [2.45, 2.75) is 26.7 Å². The summed E-state index contributed by atoms with van der Waals surface area (Å²) < 4.78 is 14.0. The average molecular weight is 405 g/mol. The lowest BCUT2D eigenvalue weighted by Gasteiger charge is -2.07. The Hall–Kier alpha value is -3.95. The van der Waals surface area contributed by atoms with Crippen LogP contribution in [0.15, 0.2) is 36.7 Å². The Balaban J connectivity index is 1.29. The molecule has 0 spiro atoms. The number of aromatic nitrogens is 6. The van der Waals surface area contributed by atoms with Crippen molar-refractivity contribution in [2.24, 2.45) is 0 Å². The number of nitrogens with zero attached hydrogens (tertiary/aromatic N) is 6. The fraction of sp³-hybridized carbons (Fsp3) is 0.250. The van der Waals surface area contributed by atoms with Crippen LogP contribution >= 0.6 is 0 Å². The second kappa shape index (κ2) is 7.14. The quantitative estimate of drug-likeness (QED) is 0.542. The summed E-state index contributed by atoms with van der Waals surface area (Å²) in [7, 11) is 0. The van der Waals surface area contributed by atoms with Gasteiger partial charge in [-0.15, -0.1) is 15.3 Å². The van der Waals surface area contributed by atoms with Crippen LogP contribution in [-0.4, -0.2) is 42.3 Å². The van der Waals surface area contributed by atoms with E-state index in [1.807, 2.05) is 26.0 Å². The molecule has 3 aromatic heterocycles. The summed E-state index contributed by atoms with van der Waals surface area (Å²) in [4.78, 5) is 12.5. The summed E-state index contributed by atoms with van der Waals surface area (Å²) in [6.45, 7) is 4.11. The highest BCUT2D eigenvalue weighted by Gasteiger charge is 2.17. The van der Waals surface area contributed by atoms with Gasteiger partial charge in [0.05, 0.1) is 5.69 Å². The Morgan fingerprint density at radius 3 is 2.90 bits per heavy atom. The zero-order valence-corrected chi connectivity index (χ0v) is 16.5. The van der Waals surface area contributed by atoms with Crippen LogP contribution in [0.1, 0.15) is 23.4 Å². The van der Waals surface area contributed by atoms with Gasteiger partial charge in [0.1, 0.15) is 6.33 Å². The molecular formula is C20H19N7O3. The second-order valence-corrected chi connectivity index (χ2v) is 7.00. The molecule has 0 saturated heterocycles. The van der Waals surface area contributed by atoms with Crippen molar-refractivity contribution in [2.75, 3.05) is 12.1 Å². The molecule has 5 rings (SSSR count). The van der Waals surface area contributed by atoms with E-state index in [1.165, 1.54) is 0 Å². The maximum Gasteiger partial charge on any atom is 0.231 e. The normalized spacial score (nSPS) is 12.5. The molecule has 0 atom stereocenters. The lowest BCUT2D eigenvalue weighted by molar-refractivity contribution is -0.116. The number of benzene rings is 1. The topological polar surface area (TPSA) is 108 Å². The van der Waals surface area contributed by atoms with Crippen LogP contribution in [0.4, 0.5) is 5.69 Å². The smallest absolute Gasteiger partial charge is 0.231 e. The number of rotatable bonds is 5. The van der Waals surface area contributed by atoms with E-state index in [2.05, 4.69) is 25.7 Å². The molecule has 4 aromatic rings. The van der Waals surface area contributed by atoms with E-state index in [4.69, 9.17) is 9.47 Å². The van der Waals surface area contributed by atoms with Crippen molar-refractivity contribution in [3.8, 4) is 17.3 Å². The molecule has 4 heterocycles. The number of ether oxygens (including phenoxy) is 2. The fourth-order valence-corrected chi connectivity index (χ4v) is 3.53. The summed E-state index contributed by atoms with van der Waals surface area (Å²) in [6, 6.07) is 9.04. The van der Waals surface area contributed by atoms with Gasteiger partial charge in [-0.2, -0.15) is 9.61 Å². The molecule has 0 unspecified atom stereocenters. The van der Waals surface area contributed by atoms with Crippen molar-refractivity contribution in [1.82, 2.24) is 29.6 Å². The molecular weight excluding hydrogens is 386 g/mol. The minimum atomic E-state index is -0.0792. The maximum atomic E-state index is 12.5. The molecule has 1 amide bonds. The van der Waals surface area contributed by atoms with Crippen molar-refractivity contribution in [3.05, 3.63) is 53.6 Å². The molecule has 10 nitrogen and oxygen atoms in total. The van der Waals surface area contributed by atoms with Crippen molar-refractivity contribution < 1.29 is 14.3 Å². The maximum absolute atomic E-state index is 12.5. The molecule has 30 heavy (non-hydrogen) atoms. The lowest BCUT2D eigenvalue weighted by atomic mass is 10.1. The van der Waals surface area contributed by atoms with E-state index in [0.29, 0.717) is 41.5 Å². The third kappa shape index (κ3) is 3.21. The number of aryl methyl sites for hydroxylation is 1. The number of nitrogens with one attached hydrogen (secondary N) is 1. The molecule has 0 fully saturated rings. The van der Waals surface area contributed by atoms with Crippen LogP contribution in [0.3, 0.4) is 0 Å². The number of amides is 1. The van der Waals surface area contributed by atoms with Gasteiger partial charge in [-0.05, 0) is 50.1 Å². The van der Waals surface area contributed by atoms with Crippen LogP contribution in [0.5, 0.6) is 11.5 Å². The van der Waals surface area contributed by atoms with Gasteiger partial charge in [0.25, 0.3) is 0 Å². The van der Waals surface area contributed by atoms with Crippen LogP contribution in [0.2, 0.25) is 0 Å². The number of hydrogen-bond acceptors (Lipinski definition) is 7. The largest absolute Gasteiger partial charge is 0.454 e. The molecule has 0 radical (unpaired) electrons. The molecule has 0 aliphatic carbocycles. The minimum absolute atomic E-state index is 0.0792. The van der Waals surface area contributed by atoms with E-state index in [1.54, 1.807) is 33.7 Å². The summed E-state index contributed by atoms with van der Waals surface area (Å²) >= 11 is 0. The van der Waals surface area contributed by atoms with Gasteiger partial charge >= 0.3 is 0 Å². The molecule has 1 aliphatic rings. The zero-order chi connectivity index (χ0) is 20.7. The Kier molecular flexibility index (Phi) is 4.31. The molecule has 10 heteroatoms. The molecule has 1 aromatic carbocycles. The van der Waals surface area contributed by atoms with Gasteiger partial charge in [-0.3, -0.25) is 4.79 Å². The Labute approximate surface area is 171 Å². The summed E-state index contributed by atoms with van der Waals surface area (Å²) in [5.74, 6) is 1.91. The predicted octanol–water partition coefficient (Wildman–Crippen LogP) is 2.23. The number of hydrogen-bond donors (Lipinski definition) is 1. The van der Waals surface area contributed by atoms with Gasteiger partial charge in [0.15, 0.2) is 23.0 Å².